The first kappa shape index (κ1) is 16.4. The number of aliphatic hydroxyl groups is 1. The van der Waals surface area contributed by atoms with Gasteiger partial charge in [-0.2, -0.15) is 0 Å². The van der Waals surface area contributed by atoms with Gasteiger partial charge in [-0.25, -0.2) is 4.98 Å². The number of fused-ring (bicyclic) bond motifs is 1. The lowest BCUT2D eigenvalue weighted by Crippen LogP contribution is -2.24. The number of benzene rings is 1. The van der Waals surface area contributed by atoms with Gasteiger partial charge in [0.2, 0.25) is 0 Å². The first-order valence-corrected chi connectivity index (χ1v) is 8.56. The van der Waals surface area contributed by atoms with Gasteiger partial charge in [0.15, 0.2) is 5.82 Å². The molecule has 0 saturated heterocycles. The van der Waals surface area contributed by atoms with Crippen LogP contribution >= 0.6 is 0 Å². The van der Waals surface area contributed by atoms with Crippen LogP contribution in [0.5, 0.6) is 0 Å². The van der Waals surface area contributed by atoms with Crippen molar-refractivity contribution in [3.8, 4) is 11.5 Å². The Morgan fingerprint density at radius 1 is 1.19 bits per heavy atom. The Morgan fingerprint density at radius 2 is 2.04 bits per heavy atom. The molecule has 4 rings (SSSR count). The molecule has 0 radical (unpaired) electrons. The van der Waals surface area contributed by atoms with Crippen LogP contribution in [-0.2, 0) is 6.54 Å². The number of aliphatic hydroxyl groups excluding tert-OH is 1. The van der Waals surface area contributed by atoms with Gasteiger partial charge in [-0.1, -0.05) is 24.3 Å². The van der Waals surface area contributed by atoms with Crippen molar-refractivity contribution in [2.75, 3.05) is 11.5 Å². The maximum atomic E-state index is 12.7. The summed E-state index contributed by atoms with van der Waals surface area (Å²) in [5.74, 6) is 1.17. The van der Waals surface area contributed by atoms with Crippen molar-refractivity contribution in [3.05, 3.63) is 59.9 Å². The molecular formula is C19H19N5O2. The molecule has 0 bridgehead atoms. The van der Waals surface area contributed by atoms with E-state index in [1.807, 2.05) is 54.0 Å². The van der Waals surface area contributed by atoms with Crippen molar-refractivity contribution < 1.29 is 9.90 Å². The van der Waals surface area contributed by atoms with E-state index in [0.29, 0.717) is 30.3 Å². The summed E-state index contributed by atoms with van der Waals surface area (Å²) < 4.78 is 1.89. The maximum absolute atomic E-state index is 12.7. The highest BCUT2D eigenvalue weighted by atomic mass is 16.3. The van der Waals surface area contributed by atoms with Gasteiger partial charge in [-0.05, 0) is 37.1 Å². The summed E-state index contributed by atoms with van der Waals surface area (Å²) in [6.07, 6.45) is 2.24. The van der Waals surface area contributed by atoms with E-state index in [2.05, 4.69) is 15.2 Å². The summed E-state index contributed by atoms with van der Waals surface area (Å²) in [7, 11) is 0. The highest BCUT2D eigenvalue weighted by molar-refractivity contribution is 6.09. The highest BCUT2D eigenvalue weighted by Crippen LogP contribution is 2.29. The summed E-state index contributed by atoms with van der Waals surface area (Å²) >= 11 is 0. The fraction of sp³-hybridized carbons (Fsp3) is 0.263. The summed E-state index contributed by atoms with van der Waals surface area (Å²) in [5.41, 5.74) is 2.37. The molecule has 3 heterocycles. The molecule has 0 fully saturated rings. The quantitative estimate of drug-likeness (QED) is 0.765. The van der Waals surface area contributed by atoms with Crippen LogP contribution in [0, 0.1) is 0 Å². The standard InChI is InChI=1S/C19H19N5O2/c1-13(9-10-25)24-12-20-22-18(24)16-7-4-8-17(21-16)23-11-14-5-2-3-6-15(14)19(23)26/h2-8,12-13,25H,9-11H2,1H3. The van der Waals surface area contributed by atoms with Crippen molar-refractivity contribution >= 4 is 11.7 Å². The summed E-state index contributed by atoms with van der Waals surface area (Å²) in [6, 6.07) is 13.2. The van der Waals surface area contributed by atoms with Crippen LogP contribution < -0.4 is 4.90 Å². The number of hydrogen-bond donors (Lipinski definition) is 1. The molecule has 1 aliphatic heterocycles. The van der Waals surface area contributed by atoms with Crippen molar-refractivity contribution in [2.45, 2.75) is 25.9 Å². The fourth-order valence-electron chi connectivity index (χ4n) is 3.21. The molecule has 1 aromatic carbocycles. The van der Waals surface area contributed by atoms with Gasteiger partial charge in [-0.15, -0.1) is 10.2 Å². The summed E-state index contributed by atoms with van der Waals surface area (Å²) in [6.45, 7) is 2.60. The van der Waals surface area contributed by atoms with Gasteiger partial charge in [0.25, 0.3) is 5.91 Å². The molecule has 1 N–H and O–H groups in total. The molecule has 2 aromatic heterocycles. The average molecular weight is 349 g/mol. The minimum absolute atomic E-state index is 0.0413. The molecule has 132 valence electrons. The number of carbonyl (C=O) groups is 1. The third-order valence-corrected chi connectivity index (χ3v) is 4.66. The number of amides is 1. The van der Waals surface area contributed by atoms with Crippen molar-refractivity contribution in [1.82, 2.24) is 19.7 Å². The third kappa shape index (κ3) is 2.76. The SMILES string of the molecule is CC(CCO)n1cnnc1-c1cccc(N2Cc3ccccc3C2=O)n1. The zero-order valence-electron chi connectivity index (χ0n) is 14.4. The molecule has 1 amide bonds. The Kier molecular flexibility index (Phi) is 4.22. The summed E-state index contributed by atoms with van der Waals surface area (Å²) in [5, 5.41) is 17.4. The molecule has 3 aromatic rings. The zero-order valence-corrected chi connectivity index (χ0v) is 14.4. The van der Waals surface area contributed by atoms with Gasteiger partial charge >= 0.3 is 0 Å². The molecule has 0 aliphatic carbocycles. The number of pyridine rings is 1. The van der Waals surface area contributed by atoms with Gasteiger partial charge in [0.1, 0.15) is 17.8 Å². The predicted molar refractivity (Wildman–Crippen MR) is 96.6 cm³/mol. The van der Waals surface area contributed by atoms with Crippen molar-refractivity contribution in [3.63, 3.8) is 0 Å². The Labute approximate surface area is 150 Å². The fourth-order valence-corrected chi connectivity index (χ4v) is 3.21. The zero-order chi connectivity index (χ0) is 18.1. The molecule has 1 unspecified atom stereocenters. The summed E-state index contributed by atoms with van der Waals surface area (Å²) in [4.78, 5) is 19.0. The van der Waals surface area contributed by atoms with Crippen LogP contribution in [0.2, 0.25) is 0 Å². The normalized spacial score (nSPS) is 14.5. The maximum Gasteiger partial charge on any atom is 0.260 e. The van der Waals surface area contributed by atoms with Crippen LogP contribution in [-0.4, -0.2) is 37.4 Å². The smallest absolute Gasteiger partial charge is 0.260 e. The number of rotatable bonds is 5. The highest BCUT2D eigenvalue weighted by Gasteiger charge is 2.29. The van der Waals surface area contributed by atoms with Gasteiger partial charge in [0.05, 0.1) is 6.54 Å². The number of aromatic nitrogens is 4. The van der Waals surface area contributed by atoms with Gasteiger partial charge in [0, 0.05) is 18.2 Å². The molecular weight excluding hydrogens is 330 g/mol. The minimum Gasteiger partial charge on any atom is -0.396 e. The van der Waals surface area contributed by atoms with Crippen molar-refractivity contribution in [1.29, 1.82) is 0 Å². The van der Waals surface area contributed by atoms with E-state index in [4.69, 9.17) is 0 Å². The van der Waals surface area contributed by atoms with Crippen LogP contribution in [0.25, 0.3) is 11.5 Å². The monoisotopic (exact) mass is 349 g/mol. The first-order valence-electron chi connectivity index (χ1n) is 8.56. The number of carbonyl (C=O) groups excluding carboxylic acids is 1. The molecule has 0 spiro atoms. The van der Waals surface area contributed by atoms with Gasteiger partial charge < -0.3 is 9.67 Å². The van der Waals surface area contributed by atoms with Crippen LogP contribution in [0.4, 0.5) is 5.82 Å². The topological polar surface area (TPSA) is 84.1 Å². The third-order valence-electron chi connectivity index (χ3n) is 4.66. The number of hydrogen-bond acceptors (Lipinski definition) is 5. The molecule has 26 heavy (non-hydrogen) atoms. The lowest BCUT2D eigenvalue weighted by molar-refractivity contribution is 0.0996. The molecule has 7 heteroatoms. The minimum atomic E-state index is -0.0413. The van der Waals surface area contributed by atoms with E-state index < -0.39 is 0 Å². The largest absolute Gasteiger partial charge is 0.396 e. The second-order valence-corrected chi connectivity index (χ2v) is 6.35. The number of nitrogens with zero attached hydrogens (tertiary/aromatic N) is 5. The Hall–Kier alpha value is -3.06. The van der Waals surface area contributed by atoms with Crippen LogP contribution in [0.3, 0.4) is 0 Å². The number of anilines is 1. The molecule has 7 nitrogen and oxygen atoms in total. The molecule has 1 aliphatic rings. The Balaban J connectivity index is 1.67. The molecule has 0 saturated carbocycles. The van der Waals surface area contributed by atoms with E-state index in [-0.39, 0.29) is 18.6 Å². The first-order chi connectivity index (χ1) is 12.7. The lowest BCUT2D eigenvalue weighted by atomic mass is 10.1. The van der Waals surface area contributed by atoms with Crippen LogP contribution in [0.1, 0.15) is 35.3 Å². The van der Waals surface area contributed by atoms with Crippen LogP contribution in [0.15, 0.2) is 48.8 Å². The average Bonchev–Trinajstić information content (AvgIpc) is 3.28. The van der Waals surface area contributed by atoms with Gasteiger partial charge in [-0.3, -0.25) is 9.69 Å². The van der Waals surface area contributed by atoms with E-state index >= 15 is 0 Å². The second kappa shape index (κ2) is 6.68. The Morgan fingerprint density at radius 3 is 2.85 bits per heavy atom. The van der Waals surface area contributed by atoms with E-state index in [1.54, 1.807) is 11.2 Å². The van der Waals surface area contributed by atoms with Crippen molar-refractivity contribution in [2.24, 2.45) is 0 Å². The molecule has 1 atom stereocenters. The van der Waals surface area contributed by atoms with E-state index in [0.717, 1.165) is 11.1 Å². The van der Waals surface area contributed by atoms with E-state index in [9.17, 15) is 9.90 Å². The Bertz CT molecular complexity index is 952. The lowest BCUT2D eigenvalue weighted by Gasteiger charge is -2.17. The second-order valence-electron chi connectivity index (χ2n) is 6.35. The van der Waals surface area contributed by atoms with E-state index in [1.165, 1.54) is 0 Å². The predicted octanol–water partition coefficient (Wildman–Crippen LogP) is 2.44.